The Balaban J connectivity index is 2.18. The highest BCUT2D eigenvalue weighted by molar-refractivity contribution is 7.88. The van der Waals surface area contributed by atoms with Crippen molar-refractivity contribution in [1.82, 2.24) is 19.7 Å². The average Bonchev–Trinajstić information content (AvgIpc) is 2.95. The van der Waals surface area contributed by atoms with Gasteiger partial charge in [0.2, 0.25) is 10.0 Å². The fourth-order valence-corrected chi connectivity index (χ4v) is 2.96. The van der Waals surface area contributed by atoms with Gasteiger partial charge in [0.1, 0.15) is 23.2 Å². The number of hydrogen-bond donors (Lipinski definition) is 2. The van der Waals surface area contributed by atoms with E-state index in [9.17, 15) is 18.3 Å². The molecule has 2 N–H and O–H groups in total. The molecule has 0 bridgehead atoms. The number of nitrogens with one attached hydrogen (secondary N) is 1. The normalized spacial score (nSPS) is 13.2. The summed E-state index contributed by atoms with van der Waals surface area (Å²) in [5.41, 5.74) is 0.445. The number of carbonyl (C=O) groups is 1. The van der Waals surface area contributed by atoms with E-state index in [4.69, 9.17) is 4.52 Å². The van der Waals surface area contributed by atoms with Crippen molar-refractivity contribution in [1.29, 1.82) is 0 Å². The van der Waals surface area contributed by atoms with Crippen molar-refractivity contribution in [2.45, 2.75) is 18.7 Å². The molecule has 10 heteroatoms. The van der Waals surface area contributed by atoms with Gasteiger partial charge >= 0.3 is 5.97 Å². The molecule has 0 aromatic carbocycles. The molecule has 2 aromatic rings. The van der Waals surface area contributed by atoms with Crippen LogP contribution in [0.4, 0.5) is 0 Å². The third-order valence-electron chi connectivity index (χ3n) is 2.62. The quantitative estimate of drug-likeness (QED) is 0.765. The third-order valence-corrected chi connectivity index (χ3v) is 3.89. The molecule has 0 saturated carbocycles. The molecule has 1 atom stereocenters. The molecular formula is C11H14N4O5S. The lowest BCUT2D eigenvalue weighted by atomic mass is 10.2. The predicted molar refractivity (Wildman–Crippen MR) is 70.6 cm³/mol. The van der Waals surface area contributed by atoms with Crippen LogP contribution in [0.15, 0.2) is 23.0 Å². The van der Waals surface area contributed by atoms with E-state index in [2.05, 4.69) is 15.0 Å². The fraction of sp³-hybridized carbons (Fsp3) is 0.364. The SMILES string of the molecule is Cc1cc(CS(=O)(=O)NC(C(=O)O)c2cnn(C)c2)no1. The van der Waals surface area contributed by atoms with Crippen molar-refractivity contribution in [3.63, 3.8) is 0 Å². The van der Waals surface area contributed by atoms with Gasteiger partial charge in [-0.25, -0.2) is 8.42 Å². The Hall–Kier alpha value is -2.20. The van der Waals surface area contributed by atoms with E-state index in [0.29, 0.717) is 5.76 Å². The molecule has 2 aromatic heterocycles. The molecule has 0 saturated heterocycles. The molecule has 114 valence electrons. The van der Waals surface area contributed by atoms with Gasteiger partial charge in [0.25, 0.3) is 0 Å². The minimum absolute atomic E-state index is 0.204. The molecule has 2 rings (SSSR count). The maximum Gasteiger partial charge on any atom is 0.326 e. The summed E-state index contributed by atoms with van der Waals surface area (Å²) in [5.74, 6) is -1.31. The van der Waals surface area contributed by atoms with E-state index in [1.807, 2.05) is 0 Å². The highest BCUT2D eigenvalue weighted by Gasteiger charge is 2.27. The first-order valence-corrected chi connectivity index (χ1v) is 7.55. The third kappa shape index (κ3) is 3.89. The first-order valence-electron chi connectivity index (χ1n) is 5.90. The fourth-order valence-electron chi connectivity index (χ4n) is 1.75. The van der Waals surface area contributed by atoms with Crippen LogP contribution in [0.3, 0.4) is 0 Å². The zero-order valence-corrected chi connectivity index (χ0v) is 12.2. The zero-order valence-electron chi connectivity index (χ0n) is 11.3. The number of carboxylic acids is 1. The molecule has 0 amide bonds. The maximum absolute atomic E-state index is 12.0. The molecule has 1 unspecified atom stereocenters. The van der Waals surface area contributed by atoms with Crippen LogP contribution < -0.4 is 4.72 Å². The lowest BCUT2D eigenvalue weighted by Crippen LogP contribution is -2.34. The van der Waals surface area contributed by atoms with Gasteiger partial charge in [-0.05, 0) is 6.92 Å². The van der Waals surface area contributed by atoms with E-state index in [-0.39, 0.29) is 11.3 Å². The second-order valence-corrected chi connectivity index (χ2v) is 6.28. The van der Waals surface area contributed by atoms with E-state index >= 15 is 0 Å². The van der Waals surface area contributed by atoms with Crippen LogP contribution in [0.25, 0.3) is 0 Å². The van der Waals surface area contributed by atoms with Crippen LogP contribution in [-0.2, 0) is 27.6 Å². The van der Waals surface area contributed by atoms with E-state index in [1.165, 1.54) is 23.1 Å². The van der Waals surface area contributed by atoms with Crippen molar-refractivity contribution < 1.29 is 22.8 Å². The second-order valence-electron chi connectivity index (χ2n) is 4.52. The highest BCUT2D eigenvalue weighted by atomic mass is 32.2. The summed E-state index contributed by atoms with van der Waals surface area (Å²) in [6, 6.07) is 0.0655. The Morgan fingerprint density at radius 1 is 1.57 bits per heavy atom. The first-order chi connectivity index (χ1) is 9.77. The Kier molecular flexibility index (Phi) is 4.09. The van der Waals surface area contributed by atoms with Crippen molar-refractivity contribution in [3.05, 3.63) is 35.5 Å². The van der Waals surface area contributed by atoms with Gasteiger partial charge in [-0.2, -0.15) is 9.82 Å². The summed E-state index contributed by atoms with van der Waals surface area (Å²) in [6.45, 7) is 1.63. The Labute approximate surface area is 120 Å². The maximum atomic E-state index is 12.0. The van der Waals surface area contributed by atoms with Gasteiger partial charge in [0.15, 0.2) is 0 Å². The standard InChI is InChI=1S/C11H14N4O5S/c1-7-3-9(13-20-7)6-21(18,19)14-10(11(16)17)8-4-12-15(2)5-8/h3-5,10,14H,6H2,1-2H3,(H,16,17). The van der Waals surface area contributed by atoms with Crippen LogP contribution >= 0.6 is 0 Å². The van der Waals surface area contributed by atoms with Crippen molar-refractivity contribution in [2.75, 3.05) is 0 Å². The smallest absolute Gasteiger partial charge is 0.326 e. The average molecular weight is 314 g/mol. The minimum atomic E-state index is -3.89. The number of nitrogens with zero attached hydrogens (tertiary/aromatic N) is 3. The number of rotatable bonds is 6. The first kappa shape index (κ1) is 15.2. The molecule has 9 nitrogen and oxygen atoms in total. The monoisotopic (exact) mass is 314 g/mol. The number of carboxylic acid groups (broad SMARTS) is 1. The zero-order chi connectivity index (χ0) is 15.6. The molecular weight excluding hydrogens is 300 g/mol. The Morgan fingerprint density at radius 2 is 2.29 bits per heavy atom. The van der Waals surface area contributed by atoms with Gasteiger partial charge in [-0.15, -0.1) is 0 Å². The molecule has 21 heavy (non-hydrogen) atoms. The number of sulfonamides is 1. The van der Waals surface area contributed by atoms with Gasteiger partial charge in [0.05, 0.1) is 6.20 Å². The van der Waals surface area contributed by atoms with Crippen molar-refractivity contribution in [2.24, 2.45) is 7.05 Å². The largest absolute Gasteiger partial charge is 0.480 e. The molecule has 0 spiro atoms. The molecule has 2 heterocycles. The van der Waals surface area contributed by atoms with Gasteiger partial charge in [0, 0.05) is 24.9 Å². The van der Waals surface area contributed by atoms with Crippen molar-refractivity contribution >= 4 is 16.0 Å². The predicted octanol–water partition coefficient (Wildman–Crippen LogP) is -0.0382. The molecule has 0 radical (unpaired) electrons. The molecule has 0 aliphatic rings. The van der Waals surface area contributed by atoms with Crippen LogP contribution in [0, 0.1) is 6.92 Å². The highest BCUT2D eigenvalue weighted by Crippen LogP contribution is 2.15. The van der Waals surface area contributed by atoms with Crippen LogP contribution in [0.1, 0.15) is 23.1 Å². The summed E-state index contributed by atoms with van der Waals surface area (Å²) in [6.07, 6.45) is 2.73. The molecule has 0 aliphatic carbocycles. The van der Waals surface area contributed by atoms with E-state index in [0.717, 1.165) is 0 Å². The Bertz CT molecular complexity index is 748. The van der Waals surface area contributed by atoms with Gasteiger partial charge < -0.3 is 9.63 Å². The van der Waals surface area contributed by atoms with Gasteiger partial charge in [-0.3, -0.25) is 9.48 Å². The summed E-state index contributed by atoms with van der Waals surface area (Å²) in [4.78, 5) is 11.2. The van der Waals surface area contributed by atoms with Crippen LogP contribution in [0.5, 0.6) is 0 Å². The molecule has 0 fully saturated rings. The van der Waals surface area contributed by atoms with E-state index < -0.39 is 27.8 Å². The number of aromatic nitrogens is 3. The lowest BCUT2D eigenvalue weighted by Gasteiger charge is -2.12. The minimum Gasteiger partial charge on any atom is -0.480 e. The lowest BCUT2D eigenvalue weighted by molar-refractivity contribution is -0.139. The van der Waals surface area contributed by atoms with Crippen LogP contribution in [-0.4, -0.2) is 34.4 Å². The number of aliphatic carboxylic acids is 1. The number of hydrogen-bond acceptors (Lipinski definition) is 6. The Morgan fingerprint density at radius 3 is 2.76 bits per heavy atom. The second kappa shape index (κ2) is 5.66. The molecule has 0 aliphatic heterocycles. The number of aryl methyl sites for hydroxylation is 2. The van der Waals surface area contributed by atoms with E-state index in [1.54, 1.807) is 14.0 Å². The summed E-state index contributed by atoms with van der Waals surface area (Å²) >= 11 is 0. The summed E-state index contributed by atoms with van der Waals surface area (Å²) < 4.78 is 32.3. The van der Waals surface area contributed by atoms with Crippen LogP contribution in [0.2, 0.25) is 0 Å². The summed E-state index contributed by atoms with van der Waals surface area (Å²) in [5, 5.41) is 16.6. The topological polar surface area (TPSA) is 127 Å². The van der Waals surface area contributed by atoms with Gasteiger partial charge in [-0.1, -0.05) is 5.16 Å². The summed E-state index contributed by atoms with van der Waals surface area (Å²) in [7, 11) is -2.29. The van der Waals surface area contributed by atoms with Crippen molar-refractivity contribution in [3.8, 4) is 0 Å².